The zero-order valence-corrected chi connectivity index (χ0v) is 15.2. The lowest BCUT2D eigenvalue weighted by Crippen LogP contribution is -2.45. The number of hydrogen-bond acceptors (Lipinski definition) is 3. The third-order valence-corrected chi connectivity index (χ3v) is 4.78. The zero-order chi connectivity index (χ0) is 19.1. The molecule has 0 amide bonds. The average Bonchev–Trinajstić information content (AvgIpc) is 2.68. The molecule has 3 nitrogen and oxygen atoms in total. The first-order valence-corrected chi connectivity index (χ1v) is 9.29. The Hall–Kier alpha value is -2.05. The van der Waals surface area contributed by atoms with E-state index in [2.05, 4.69) is 10.2 Å². The zero-order valence-electron chi connectivity index (χ0n) is 15.2. The van der Waals surface area contributed by atoms with Crippen LogP contribution < -0.4 is 10.1 Å². The highest BCUT2D eigenvalue weighted by Crippen LogP contribution is 2.33. The van der Waals surface area contributed by atoms with Gasteiger partial charge in [-0.15, -0.1) is 0 Å². The van der Waals surface area contributed by atoms with Crippen LogP contribution in [0.15, 0.2) is 54.6 Å². The van der Waals surface area contributed by atoms with Gasteiger partial charge >= 0.3 is 6.18 Å². The average molecular weight is 378 g/mol. The van der Waals surface area contributed by atoms with Crippen molar-refractivity contribution in [2.24, 2.45) is 0 Å². The molecule has 0 aromatic heterocycles. The van der Waals surface area contributed by atoms with E-state index in [1.807, 2.05) is 54.6 Å². The van der Waals surface area contributed by atoms with Gasteiger partial charge in [0.2, 0.25) is 0 Å². The summed E-state index contributed by atoms with van der Waals surface area (Å²) in [6.07, 6.45) is -4.87. The standard InChI is InChI=1S/C21H25F3N2O/c22-21(23,24)10-9-20(26-13-11-25-12-14-26)18-7-4-8-19(15-18)27-16-17-5-2-1-3-6-17/h1-8,15,20,25H,9-14,16H2/t20-/m1/s1. The Morgan fingerprint density at radius 2 is 1.74 bits per heavy atom. The molecule has 146 valence electrons. The van der Waals surface area contributed by atoms with Crippen LogP contribution in [0.3, 0.4) is 0 Å². The van der Waals surface area contributed by atoms with Gasteiger partial charge in [0.05, 0.1) is 0 Å². The van der Waals surface area contributed by atoms with E-state index in [9.17, 15) is 13.2 Å². The molecule has 2 aromatic carbocycles. The maximum Gasteiger partial charge on any atom is 0.389 e. The summed E-state index contributed by atoms with van der Waals surface area (Å²) in [6, 6.07) is 17.1. The second-order valence-electron chi connectivity index (χ2n) is 6.80. The van der Waals surface area contributed by atoms with Crippen molar-refractivity contribution >= 4 is 0 Å². The number of benzene rings is 2. The van der Waals surface area contributed by atoms with Crippen molar-refractivity contribution in [1.82, 2.24) is 10.2 Å². The Morgan fingerprint density at radius 3 is 2.44 bits per heavy atom. The van der Waals surface area contributed by atoms with E-state index in [0.717, 1.165) is 37.3 Å². The Kier molecular flexibility index (Phi) is 6.74. The minimum absolute atomic E-state index is 0.0611. The fourth-order valence-corrected chi connectivity index (χ4v) is 3.41. The van der Waals surface area contributed by atoms with Crippen LogP contribution in [-0.2, 0) is 6.61 Å². The summed E-state index contributed by atoms with van der Waals surface area (Å²) in [7, 11) is 0. The molecule has 0 unspecified atom stereocenters. The predicted molar refractivity (Wildman–Crippen MR) is 99.7 cm³/mol. The third-order valence-electron chi connectivity index (χ3n) is 4.78. The topological polar surface area (TPSA) is 24.5 Å². The Labute approximate surface area is 158 Å². The van der Waals surface area contributed by atoms with Crippen molar-refractivity contribution in [3.8, 4) is 5.75 Å². The quantitative estimate of drug-likeness (QED) is 0.765. The number of alkyl halides is 3. The fourth-order valence-electron chi connectivity index (χ4n) is 3.41. The van der Waals surface area contributed by atoms with Crippen molar-refractivity contribution in [3.63, 3.8) is 0 Å². The predicted octanol–water partition coefficient (Wildman–Crippen LogP) is 4.55. The molecule has 6 heteroatoms. The maximum absolute atomic E-state index is 12.8. The molecule has 1 N–H and O–H groups in total. The largest absolute Gasteiger partial charge is 0.489 e. The molecule has 3 rings (SSSR count). The molecule has 0 spiro atoms. The number of piperazine rings is 1. The number of rotatable bonds is 7. The van der Waals surface area contributed by atoms with Crippen molar-refractivity contribution in [1.29, 1.82) is 0 Å². The lowest BCUT2D eigenvalue weighted by Gasteiger charge is -2.35. The summed E-state index contributed by atoms with van der Waals surface area (Å²) >= 11 is 0. The minimum atomic E-state index is -4.15. The second-order valence-corrected chi connectivity index (χ2v) is 6.80. The molecular weight excluding hydrogens is 353 g/mol. The van der Waals surface area contributed by atoms with E-state index in [1.54, 1.807) is 0 Å². The fraction of sp³-hybridized carbons (Fsp3) is 0.429. The molecule has 0 radical (unpaired) electrons. The van der Waals surface area contributed by atoms with Gasteiger partial charge in [-0.3, -0.25) is 4.90 Å². The van der Waals surface area contributed by atoms with Gasteiger partial charge in [-0.05, 0) is 29.7 Å². The van der Waals surface area contributed by atoms with E-state index in [0.29, 0.717) is 12.4 Å². The van der Waals surface area contributed by atoms with E-state index < -0.39 is 12.6 Å². The maximum atomic E-state index is 12.8. The molecule has 1 saturated heterocycles. The van der Waals surface area contributed by atoms with Crippen molar-refractivity contribution < 1.29 is 17.9 Å². The molecule has 0 bridgehead atoms. The first kappa shape index (κ1) is 19.7. The molecular formula is C21H25F3N2O. The van der Waals surface area contributed by atoms with Crippen LogP contribution in [0.1, 0.15) is 30.0 Å². The number of hydrogen-bond donors (Lipinski definition) is 1. The second kappa shape index (κ2) is 9.24. The van der Waals surface area contributed by atoms with Gasteiger partial charge in [0.1, 0.15) is 12.4 Å². The van der Waals surface area contributed by atoms with E-state index in [1.165, 1.54) is 0 Å². The smallest absolute Gasteiger partial charge is 0.389 e. The van der Waals surface area contributed by atoms with Crippen LogP contribution in [0.25, 0.3) is 0 Å². The van der Waals surface area contributed by atoms with E-state index >= 15 is 0 Å². The van der Waals surface area contributed by atoms with E-state index in [-0.39, 0.29) is 12.5 Å². The Morgan fingerprint density at radius 1 is 1.00 bits per heavy atom. The van der Waals surface area contributed by atoms with Crippen LogP contribution >= 0.6 is 0 Å². The van der Waals surface area contributed by atoms with Gasteiger partial charge in [0.15, 0.2) is 0 Å². The van der Waals surface area contributed by atoms with Gasteiger partial charge in [0.25, 0.3) is 0 Å². The number of nitrogens with one attached hydrogen (secondary N) is 1. The summed E-state index contributed by atoms with van der Waals surface area (Å²) < 4.78 is 44.4. The highest BCUT2D eigenvalue weighted by molar-refractivity contribution is 5.31. The molecule has 1 heterocycles. The van der Waals surface area contributed by atoms with Crippen LogP contribution in [0.4, 0.5) is 13.2 Å². The molecule has 2 aromatic rings. The van der Waals surface area contributed by atoms with Crippen LogP contribution in [-0.4, -0.2) is 37.3 Å². The molecule has 1 atom stereocenters. The normalized spacial score (nSPS) is 16.9. The summed E-state index contributed by atoms with van der Waals surface area (Å²) in [4.78, 5) is 2.14. The SMILES string of the molecule is FC(F)(F)CC[C@H](c1cccc(OCc2ccccc2)c1)N1CCNCC1. The lowest BCUT2D eigenvalue weighted by atomic mass is 9.99. The summed E-state index contributed by atoms with van der Waals surface area (Å²) in [5.41, 5.74) is 1.94. The van der Waals surface area contributed by atoms with Crippen molar-refractivity contribution in [2.45, 2.75) is 31.7 Å². The molecule has 0 saturated carbocycles. The summed E-state index contributed by atoms with van der Waals surface area (Å²) in [5.74, 6) is 0.684. The van der Waals surface area contributed by atoms with Crippen LogP contribution in [0, 0.1) is 0 Å². The molecule has 1 aliphatic heterocycles. The minimum Gasteiger partial charge on any atom is -0.489 e. The van der Waals surface area contributed by atoms with E-state index in [4.69, 9.17) is 4.74 Å². The number of ether oxygens (including phenoxy) is 1. The Bertz CT molecular complexity index is 700. The van der Waals surface area contributed by atoms with Gasteiger partial charge < -0.3 is 10.1 Å². The van der Waals surface area contributed by atoms with Crippen LogP contribution in [0.5, 0.6) is 5.75 Å². The highest BCUT2D eigenvalue weighted by Gasteiger charge is 2.31. The number of halogens is 3. The highest BCUT2D eigenvalue weighted by atomic mass is 19.4. The molecule has 0 aliphatic carbocycles. The van der Waals surface area contributed by atoms with Gasteiger partial charge in [-0.2, -0.15) is 13.2 Å². The van der Waals surface area contributed by atoms with Gasteiger partial charge in [-0.25, -0.2) is 0 Å². The molecule has 1 fully saturated rings. The third kappa shape index (κ3) is 6.26. The molecule has 27 heavy (non-hydrogen) atoms. The van der Waals surface area contributed by atoms with Gasteiger partial charge in [0, 0.05) is 38.6 Å². The van der Waals surface area contributed by atoms with Crippen molar-refractivity contribution in [2.75, 3.05) is 26.2 Å². The first-order chi connectivity index (χ1) is 13.0. The summed E-state index contributed by atoms with van der Waals surface area (Å²) in [6.45, 7) is 3.53. The van der Waals surface area contributed by atoms with Crippen molar-refractivity contribution in [3.05, 3.63) is 65.7 Å². The van der Waals surface area contributed by atoms with Crippen LogP contribution in [0.2, 0.25) is 0 Å². The Balaban J connectivity index is 1.72. The van der Waals surface area contributed by atoms with Gasteiger partial charge in [-0.1, -0.05) is 42.5 Å². The number of nitrogens with zero attached hydrogens (tertiary/aromatic N) is 1. The molecule has 1 aliphatic rings. The monoisotopic (exact) mass is 378 g/mol. The first-order valence-electron chi connectivity index (χ1n) is 9.29. The lowest BCUT2D eigenvalue weighted by molar-refractivity contribution is -0.138. The summed E-state index contributed by atoms with van der Waals surface area (Å²) in [5, 5.41) is 3.25.